The van der Waals surface area contributed by atoms with Crippen molar-refractivity contribution in [1.29, 1.82) is 0 Å². The molecule has 0 aliphatic heterocycles. The average molecular weight is 417 g/mol. The molecule has 0 spiro atoms. The Morgan fingerprint density at radius 1 is 1.00 bits per heavy atom. The Labute approximate surface area is 178 Å². The van der Waals surface area contributed by atoms with E-state index in [0.717, 1.165) is 16.8 Å². The summed E-state index contributed by atoms with van der Waals surface area (Å²) in [7, 11) is 0. The van der Waals surface area contributed by atoms with Crippen molar-refractivity contribution < 1.29 is 18.3 Å². The summed E-state index contributed by atoms with van der Waals surface area (Å²) in [6.07, 6.45) is 0. The molecule has 31 heavy (non-hydrogen) atoms. The number of carbonyl (C=O) groups excluding carboxylic acids is 1. The minimum atomic E-state index is -0.515. The molecule has 1 aromatic heterocycles. The monoisotopic (exact) mass is 417 g/mol. The minimum absolute atomic E-state index is 0.312. The highest BCUT2D eigenvalue weighted by Crippen LogP contribution is 2.28. The molecule has 0 saturated carbocycles. The lowest BCUT2D eigenvalue weighted by Gasteiger charge is -2.17. The Bertz CT molecular complexity index is 1140. The zero-order chi connectivity index (χ0) is 21.6. The molecule has 0 unspecified atom stereocenters. The van der Waals surface area contributed by atoms with E-state index in [0.29, 0.717) is 24.0 Å². The quantitative estimate of drug-likeness (QED) is 0.414. The van der Waals surface area contributed by atoms with Gasteiger partial charge in [0.15, 0.2) is 0 Å². The van der Waals surface area contributed by atoms with E-state index in [2.05, 4.69) is 15.5 Å². The SMILES string of the molecule is CCOC(=O)c1ccc(N[C@H](c2ccc(F)cc2)c2nnc(-c3ccccc3)o2)cc1. The zero-order valence-electron chi connectivity index (χ0n) is 16.8. The Hall–Kier alpha value is -4.00. The zero-order valence-corrected chi connectivity index (χ0v) is 16.8. The van der Waals surface area contributed by atoms with E-state index in [1.165, 1.54) is 12.1 Å². The molecule has 7 heteroatoms. The molecule has 156 valence electrons. The summed E-state index contributed by atoms with van der Waals surface area (Å²) in [4.78, 5) is 11.9. The fraction of sp³-hybridized carbons (Fsp3) is 0.125. The van der Waals surface area contributed by atoms with Crippen LogP contribution in [0.15, 0.2) is 83.3 Å². The normalized spacial score (nSPS) is 11.7. The van der Waals surface area contributed by atoms with Crippen LogP contribution in [0.25, 0.3) is 11.5 Å². The van der Waals surface area contributed by atoms with E-state index in [4.69, 9.17) is 9.15 Å². The number of ether oxygens (including phenoxy) is 1. The van der Waals surface area contributed by atoms with Gasteiger partial charge in [0.2, 0.25) is 11.8 Å². The molecule has 1 N–H and O–H groups in total. The first-order valence-electron chi connectivity index (χ1n) is 9.82. The fourth-order valence-corrected chi connectivity index (χ4v) is 3.08. The predicted octanol–water partition coefficient (Wildman–Crippen LogP) is 5.25. The number of nitrogens with one attached hydrogen (secondary N) is 1. The number of esters is 1. The summed E-state index contributed by atoms with van der Waals surface area (Å²) in [6, 6.07) is 21.9. The number of hydrogen-bond acceptors (Lipinski definition) is 6. The first-order chi connectivity index (χ1) is 15.1. The lowest BCUT2D eigenvalue weighted by molar-refractivity contribution is 0.0526. The van der Waals surface area contributed by atoms with Crippen molar-refractivity contribution in [2.24, 2.45) is 0 Å². The third kappa shape index (κ3) is 4.78. The van der Waals surface area contributed by atoms with Crippen LogP contribution < -0.4 is 5.32 Å². The van der Waals surface area contributed by atoms with Gasteiger partial charge in [-0.25, -0.2) is 9.18 Å². The molecule has 4 aromatic rings. The second-order valence-electron chi connectivity index (χ2n) is 6.74. The Kier molecular flexibility index (Phi) is 6.03. The summed E-state index contributed by atoms with van der Waals surface area (Å²) in [5.41, 5.74) is 2.73. The maximum Gasteiger partial charge on any atom is 0.338 e. The number of carbonyl (C=O) groups is 1. The summed E-state index contributed by atoms with van der Waals surface area (Å²) in [6.45, 7) is 2.07. The molecular weight excluding hydrogens is 397 g/mol. The van der Waals surface area contributed by atoms with Crippen LogP contribution >= 0.6 is 0 Å². The van der Waals surface area contributed by atoms with Crippen LogP contribution in [-0.4, -0.2) is 22.8 Å². The Morgan fingerprint density at radius 3 is 2.39 bits per heavy atom. The minimum Gasteiger partial charge on any atom is -0.462 e. The van der Waals surface area contributed by atoms with Crippen LogP contribution in [-0.2, 0) is 4.74 Å². The van der Waals surface area contributed by atoms with Crippen molar-refractivity contribution in [3.8, 4) is 11.5 Å². The molecular formula is C24H20FN3O3. The van der Waals surface area contributed by atoms with Gasteiger partial charge in [-0.05, 0) is 61.0 Å². The number of aromatic nitrogens is 2. The standard InChI is InChI=1S/C24H20FN3O3/c1-2-30-24(29)18-10-14-20(15-11-18)26-21(16-8-12-19(25)13-9-16)23-28-27-22(31-23)17-6-4-3-5-7-17/h3-15,21,26H,2H2,1H3/t21-/m1/s1. The molecule has 1 heterocycles. The van der Waals surface area contributed by atoms with Gasteiger partial charge in [0.1, 0.15) is 11.9 Å². The predicted molar refractivity (Wildman–Crippen MR) is 114 cm³/mol. The van der Waals surface area contributed by atoms with Gasteiger partial charge in [-0.1, -0.05) is 30.3 Å². The first kappa shape index (κ1) is 20.3. The summed E-state index contributed by atoms with van der Waals surface area (Å²) in [5, 5.41) is 11.7. The Balaban J connectivity index is 1.63. The van der Waals surface area contributed by atoms with Crippen molar-refractivity contribution in [2.45, 2.75) is 13.0 Å². The number of nitrogens with zero attached hydrogens (tertiary/aromatic N) is 2. The van der Waals surface area contributed by atoms with Gasteiger partial charge in [-0.2, -0.15) is 0 Å². The van der Waals surface area contributed by atoms with Crippen LogP contribution in [0.5, 0.6) is 0 Å². The van der Waals surface area contributed by atoms with Gasteiger partial charge in [-0.15, -0.1) is 10.2 Å². The van der Waals surface area contributed by atoms with Gasteiger partial charge in [-0.3, -0.25) is 0 Å². The van der Waals surface area contributed by atoms with E-state index in [1.54, 1.807) is 43.3 Å². The van der Waals surface area contributed by atoms with E-state index < -0.39 is 6.04 Å². The molecule has 1 atom stereocenters. The summed E-state index contributed by atoms with van der Waals surface area (Å²) >= 11 is 0. The largest absolute Gasteiger partial charge is 0.462 e. The van der Waals surface area contributed by atoms with Crippen LogP contribution in [0.1, 0.15) is 34.8 Å². The van der Waals surface area contributed by atoms with E-state index in [1.807, 2.05) is 30.3 Å². The topological polar surface area (TPSA) is 77.2 Å². The number of rotatable bonds is 7. The highest BCUT2D eigenvalue weighted by Gasteiger charge is 2.22. The number of anilines is 1. The number of halogens is 1. The van der Waals surface area contributed by atoms with Crippen LogP contribution in [0.2, 0.25) is 0 Å². The highest BCUT2D eigenvalue weighted by molar-refractivity contribution is 5.89. The van der Waals surface area contributed by atoms with E-state index in [9.17, 15) is 9.18 Å². The maximum absolute atomic E-state index is 13.5. The van der Waals surface area contributed by atoms with Gasteiger partial charge < -0.3 is 14.5 Å². The van der Waals surface area contributed by atoms with Crippen molar-refractivity contribution >= 4 is 11.7 Å². The van der Waals surface area contributed by atoms with Crippen molar-refractivity contribution in [3.63, 3.8) is 0 Å². The summed E-state index contributed by atoms with van der Waals surface area (Å²) < 4.78 is 24.4. The molecule has 6 nitrogen and oxygen atoms in total. The second-order valence-corrected chi connectivity index (χ2v) is 6.74. The van der Waals surface area contributed by atoms with Gasteiger partial charge in [0, 0.05) is 11.3 Å². The van der Waals surface area contributed by atoms with Gasteiger partial charge in [0.05, 0.1) is 12.2 Å². The van der Waals surface area contributed by atoms with Crippen LogP contribution in [0.4, 0.5) is 10.1 Å². The number of hydrogen-bond donors (Lipinski definition) is 1. The van der Waals surface area contributed by atoms with Crippen LogP contribution in [0, 0.1) is 5.82 Å². The van der Waals surface area contributed by atoms with E-state index >= 15 is 0 Å². The molecule has 0 aliphatic carbocycles. The lowest BCUT2D eigenvalue weighted by Crippen LogP contribution is -2.13. The molecule has 0 radical (unpaired) electrons. The Morgan fingerprint density at radius 2 is 1.71 bits per heavy atom. The van der Waals surface area contributed by atoms with E-state index in [-0.39, 0.29) is 11.8 Å². The molecule has 4 rings (SSSR count). The third-order valence-electron chi connectivity index (χ3n) is 4.62. The number of benzene rings is 3. The van der Waals surface area contributed by atoms with Crippen molar-refractivity contribution in [2.75, 3.05) is 11.9 Å². The smallest absolute Gasteiger partial charge is 0.338 e. The molecule has 0 saturated heterocycles. The maximum atomic E-state index is 13.5. The third-order valence-corrected chi connectivity index (χ3v) is 4.62. The molecule has 0 fully saturated rings. The molecule has 0 amide bonds. The first-order valence-corrected chi connectivity index (χ1v) is 9.82. The molecule has 0 aliphatic rings. The molecule has 0 bridgehead atoms. The fourth-order valence-electron chi connectivity index (χ4n) is 3.08. The summed E-state index contributed by atoms with van der Waals surface area (Å²) in [5.74, 6) is 0.00688. The van der Waals surface area contributed by atoms with Crippen molar-refractivity contribution in [3.05, 3.63) is 102 Å². The highest BCUT2D eigenvalue weighted by atomic mass is 19.1. The van der Waals surface area contributed by atoms with Crippen LogP contribution in [0.3, 0.4) is 0 Å². The van der Waals surface area contributed by atoms with Crippen molar-refractivity contribution in [1.82, 2.24) is 10.2 Å². The van der Waals surface area contributed by atoms with Gasteiger partial charge >= 0.3 is 5.97 Å². The average Bonchev–Trinajstić information content (AvgIpc) is 3.29. The second kappa shape index (κ2) is 9.21. The van der Waals surface area contributed by atoms with Gasteiger partial charge in [0.25, 0.3) is 0 Å². The lowest BCUT2D eigenvalue weighted by atomic mass is 10.1. The molecule has 3 aromatic carbocycles.